The number of halogens is 1. The Bertz CT molecular complexity index is 572. The number of nitrogens with one attached hydrogen (secondary N) is 1. The van der Waals surface area contributed by atoms with Gasteiger partial charge in [0.05, 0.1) is 6.61 Å². The lowest BCUT2D eigenvalue weighted by molar-refractivity contribution is 0.199. The van der Waals surface area contributed by atoms with Gasteiger partial charge in [0.15, 0.2) is 11.6 Å². The summed E-state index contributed by atoms with van der Waals surface area (Å²) in [5, 5.41) is 6.95. The highest BCUT2D eigenvalue weighted by atomic mass is 19.1. The largest absolute Gasteiger partial charge is 0.484 e. The van der Waals surface area contributed by atoms with Gasteiger partial charge < -0.3 is 19.3 Å². The standard InChI is InChI=1S/C15H19FN2O3/c1-11-7-13(18-21-11)10-20-15-4-3-12(8-14(15)16)9-17-5-6-19-2/h3-4,7-8,17H,5-6,9-10H2,1-2H3. The molecular formula is C15H19FN2O3. The van der Waals surface area contributed by atoms with Gasteiger partial charge in [-0.05, 0) is 24.6 Å². The predicted molar refractivity (Wildman–Crippen MR) is 75.6 cm³/mol. The first-order valence-electron chi connectivity index (χ1n) is 6.72. The highest BCUT2D eigenvalue weighted by Gasteiger charge is 2.07. The summed E-state index contributed by atoms with van der Waals surface area (Å²) < 4.78 is 29.2. The molecule has 1 heterocycles. The molecule has 0 spiro atoms. The number of hydrogen-bond acceptors (Lipinski definition) is 5. The van der Waals surface area contributed by atoms with Gasteiger partial charge in [-0.25, -0.2) is 4.39 Å². The van der Waals surface area contributed by atoms with E-state index in [1.165, 1.54) is 6.07 Å². The number of aryl methyl sites for hydroxylation is 1. The summed E-state index contributed by atoms with van der Waals surface area (Å²) in [4.78, 5) is 0. The molecule has 1 aromatic carbocycles. The van der Waals surface area contributed by atoms with Crippen molar-refractivity contribution in [3.05, 3.63) is 47.1 Å². The molecule has 0 atom stereocenters. The van der Waals surface area contributed by atoms with Gasteiger partial charge in [-0.1, -0.05) is 11.2 Å². The molecule has 0 aliphatic rings. The Morgan fingerprint density at radius 2 is 2.19 bits per heavy atom. The first-order chi connectivity index (χ1) is 10.2. The van der Waals surface area contributed by atoms with E-state index in [-0.39, 0.29) is 18.2 Å². The summed E-state index contributed by atoms with van der Waals surface area (Å²) >= 11 is 0. The van der Waals surface area contributed by atoms with Crippen molar-refractivity contribution in [3.8, 4) is 5.75 Å². The number of methoxy groups -OCH3 is 1. The predicted octanol–water partition coefficient (Wildman–Crippen LogP) is 2.44. The molecule has 0 saturated carbocycles. The van der Waals surface area contributed by atoms with Crippen molar-refractivity contribution < 1.29 is 18.4 Å². The van der Waals surface area contributed by atoms with Crippen LogP contribution in [0.3, 0.4) is 0 Å². The Morgan fingerprint density at radius 3 is 2.86 bits per heavy atom. The van der Waals surface area contributed by atoms with Gasteiger partial charge in [0.2, 0.25) is 0 Å². The average Bonchev–Trinajstić information content (AvgIpc) is 2.88. The van der Waals surface area contributed by atoms with Crippen LogP contribution in [0.2, 0.25) is 0 Å². The Labute approximate surface area is 123 Å². The Kier molecular flexibility index (Phi) is 5.71. The molecule has 0 bridgehead atoms. The highest BCUT2D eigenvalue weighted by Crippen LogP contribution is 2.19. The Balaban J connectivity index is 1.86. The van der Waals surface area contributed by atoms with E-state index >= 15 is 0 Å². The second-order valence-electron chi connectivity index (χ2n) is 4.65. The van der Waals surface area contributed by atoms with E-state index in [9.17, 15) is 4.39 Å². The van der Waals surface area contributed by atoms with Crippen molar-refractivity contribution in [3.63, 3.8) is 0 Å². The van der Waals surface area contributed by atoms with Gasteiger partial charge in [-0.3, -0.25) is 0 Å². The van der Waals surface area contributed by atoms with Gasteiger partial charge in [0, 0.05) is 26.3 Å². The topological polar surface area (TPSA) is 56.5 Å². The van der Waals surface area contributed by atoms with E-state index in [1.54, 1.807) is 26.2 Å². The van der Waals surface area contributed by atoms with Gasteiger partial charge in [0.1, 0.15) is 18.1 Å². The maximum absolute atomic E-state index is 13.9. The third-order valence-corrected chi connectivity index (χ3v) is 2.86. The van der Waals surface area contributed by atoms with Crippen molar-refractivity contribution in [2.45, 2.75) is 20.1 Å². The molecule has 0 unspecified atom stereocenters. The SMILES string of the molecule is COCCNCc1ccc(OCc2cc(C)on2)c(F)c1. The number of nitrogens with zero attached hydrogens (tertiary/aromatic N) is 1. The summed E-state index contributed by atoms with van der Waals surface area (Å²) in [6.07, 6.45) is 0. The lowest BCUT2D eigenvalue weighted by Crippen LogP contribution is -2.18. The van der Waals surface area contributed by atoms with Crippen LogP contribution in [0.5, 0.6) is 5.75 Å². The molecule has 5 nitrogen and oxygen atoms in total. The molecule has 2 aromatic rings. The van der Waals surface area contributed by atoms with Gasteiger partial charge in [-0.2, -0.15) is 0 Å². The van der Waals surface area contributed by atoms with Gasteiger partial charge in [0.25, 0.3) is 0 Å². The van der Waals surface area contributed by atoms with Crippen molar-refractivity contribution in [2.24, 2.45) is 0 Å². The Hall–Kier alpha value is -1.92. The minimum Gasteiger partial charge on any atom is -0.484 e. The molecule has 0 aliphatic carbocycles. The lowest BCUT2D eigenvalue weighted by Gasteiger charge is -2.08. The minimum atomic E-state index is -0.388. The molecule has 21 heavy (non-hydrogen) atoms. The fourth-order valence-electron chi connectivity index (χ4n) is 1.82. The van der Waals surface area contributed by atoms with E-state index < -0.39 is 0 Å². The zero-order chi connectivity index (χ0) is 15.1. The molecule has 0 saturated heterocycles. The monoisotopic (exact) mass is 294 g/mol. The van der Waals surface area contributed by atoms with Gasteiger partial charge in [-0.15, -0.1) is 0 Å². The third-order valence-electron chi connectivity index (χ3n) is 2.86. The second kappa shape index (κ2) is 7.75. The summed E-state index contributed by atoms with van der Waals surface area (Å²) in [7, 11) is 1.64. The number of ether oxygens (including phenoxy) is 2. The molecule has 0 fully saturated rings. The van der Waals surface area contributed by atoms with Crippen molar-refractivity contribution in [1.29, 1.82) is 0 Å². The van der Waals surface area contributed by atoms with Crippen LogP contribution in [0, 0.1) is 12.7 Å². The van der Waals surface area contributed by atoms with Crippen molar-refractivity contribution >= 4 is 0 Å². The van der Waals surface area contributed by atoms with E-state index in [0.29, 0.717) is 24.6 Å². The summed E-state index contributed by atoms with van der Waals surface area (Å²) in [5.74, 6) is 0.518. The van der Waals surface area contributed by atoms with E-state index in [4.69, 9.17) is 14.0 Å². The summed E-state index contributed by atoms with van der Waals surface area (Å²) in [6, 6.07) is 6.66. The van der Waals surface area contributed by atoms with Crippen LogP contribution in [-0.4, -0.2) is 25.4 Å². The Morgan fingerprint density at radius 1 is 1.33 bits per heavy atom. The van der Waals surface area contributed by atoms with Crippen LogP contribution < -0.4 is 10.1 Å². The molecule has 2 rings (SSSR count). The van der Waals surface area contributed by atoms with Crippen molar-refractivity contribution in [1.82, 2.24) is 10.5 Å². The van der Waals surface area contributed by atoms with E-state index in [1.807, 2.05) is 6.07 Å². The zero-order valence-corrected chi connectivity index (χ0v) is 12.2. The van der Waals surface area contributed by atoms with Crippen LogP contribution in [0.25, 0.3) is 0 Å². The highest BCUT2D eigenvalue weighted by molar-refractivity contribution is 5.29. The van der Waals surface area contributed by atoms with Crippen LogP contribution in [0.4, 0.5) is 4.39 Å². The second-order valence-corrected chi connectivity index (χ2v) is 4.65. The molecule has 6 heteroatoms. The van der Waals surface area contributed by atoms with Crippen molar-refractivity contribution in [2.75, 3.05) is 20.3 Å². The number of aromatic nitrogens is 1. The number of benzene rings is 1. The molecule has 1 aromatic heterocycles. The van der Waals surface area contributed by atoms with E-state index in [0.717, 1.165) is 12.1 Å². The zero-order valence-electron chi connectivity index (χ0n) is 12.2. The van der Waals surface area contributed by atoms with Crippen LogP contribution in [0.1, 0.15) is 17.0 Å². The smallest absolute Gasteiger partial charge is 0.165 e. The normalized spacial score (nSPS) is 10.8. The fourth-order valence-corrected chi connectivity index (χ4v) is 1.82. The fraction of sp³-hybridized carbons (Fsp3) is 0.400. The molecule has 114 valence electrons. The lowest BCUT2D eigenvalue weighted by atomic mass is 10.2. The molecule has 0 aliphatic heterocycles. The maximum Gasteiger partial charge on any atom is 0.165 e. The quantitative estimate of drug-likeness (QED) is 0.758. The molecule has 1 N–H and O–H groups in total. The minimum absolute atomic E-state index is 0.180. The summed E-state index contributed by atoms with van der Waals surface area (Å²) in [5.41, 5.74) is 1.49. The van der Waals surface area contributed by atoms with Crippen LogP contribution in [0.15, 0.2) is 28.8 Å². The maximum atomic E-state index is 13.9. The van der Waals surface area contributed by atoms with Gasteiger partial charge >= 0.3 is 0 Å². The average molecular weight is 294 g/mol. The molecule has 0 radical (unpaired) electrons. The number of rotatable bonds is 8. The van der Waals surface area contributed by atoms with Crippen LogP contribution >= 0.6 is 0 Å². The summed E-state index contributed by atoms with van der Waals surface area (Å²) in [6.45, 7) is 3.91. The first-order valence-corrected chi connectivity index (χ1v) is 6.72. The van der Waals surface area contributed by atoms with E-state index in [2.05, 4.69) is 10.5 Å². The number of hydrogen-bond donors (Lipinski definition) is 1. The third kappa shape index (κ3) is 4.84. The molecule has 0 amide bonds. The molecular weight excluding hydrogens is 275 g/mol. The first kappa shape index (κ1) is 15.5. The van der Waals surface area contributed by atoms with Crippen LogP contribution in [-0.2, 0) is 17.9 Å².